The van der Waals surface area contributed by atoms with Crippen LogP contribution in [0.15, 0.2) is 9.81 Å². The van der Waals surface area contributed by atoms with Crippen molar-refractivity contribution in [3.63, 3.8) is 0 Å². The molecule has 1 atom stereocenters. The molecular weight excluding hydrogens is 256 g/mol. The quantitative estimate of drug-likeness (QED) is 0.571. The molecule has 1 aliphatic carbocycles. The van der Waals surface area contributed by atoms with E-state index < -0.39 is 0 Å². The van der Waals surface area contributed by atoms with Crippen molar-refractivity contribution in [3.8, 4) is 0 Å². The van der Waals surface area contributed by atoms with E-state index in [1.165, 1.54) is 7.11 Å². The van der Waals surface area contributed by atoms with Crippen LogP contribution in [0.25, 0.3) is 0 Å². The molecule has 1 saturated carbocycles. The second-order valence-electron chi connectivity index (χ2n) is 4.22. The third-order valence-electron chi connectivity index (χ3n) is 3.07. The van der Waals surface area contributed by atoms with E-state index in [0.717, 1.165) is 34.2 Å². The molecule has 1 saturated heterocycles. The Labute approximate surface area is 110 Å². The van der Waals surface area contributed by atoms with Crippen molar-refractivity contribution in [2.45, 2.75) is 25.7 Å². The molecule has 1 heterocycles. The number of esters is 1. The summed E-state index contributed by atoms with van der Waals surface area (Å²) in [6.07, 6.45) is 3.00. The van der Waals surface area contributed by atoms with Crippen molar-refractivity contribution in [2.24, 2.45) is 5.92 Å². The molecule has 0 spiro atoms. The Morgan fingerprint density at radius 3 is 2.65 bits per heavy atom. The van der Waals surface area contributed by atoms with Gasteiger partial charge in [-0.05, 0) is 18.8 Å². The number of ketones is 1. The predicted octanol–water partition coefficient (Wildman–Crippen LogP) is 2.61. The fourth-order valence-corrected chi connectivity index (χ4v) is 4.95. The van der Waals surface area contributed by atoms with Crippen LogP contribution >= 0.6 is 23.5 Å². The largest absolute Gasteiger partial charge is 0.466 e. The highest BCUT2D eigenvalue weighted by molar-refractivity contribution is 8.25. The third kappa shape index (κ3) is 3.07. The summed E-state index contributed by atoms with van der Waals surface area (Å²) in [6.45, 7) is 0. The van der Waals surface area contributed by atoms with Crippen LogP contribution < -0.4 is 0 Å². The molecule has 0 aromatic heterocycles. The van der Waals surface area contributed by atoms with Gasteiger partial charge in [0.15, 0.2) is 0 Å². The molecule has 2 aliphatic rings. The molecule has 0 aromatic carbocycles. The Hall–Kier alpha value is -0.420. The molecular formula is C12H16O3S2. The maximum absolute atomic E-state index is 11.9. The monoisotopic (exact) mass is 272 g/mol. The van der Waals surface area contributed by atoms with Gasteiger partial charge >= 0.3 is 5.97 Å². The molecule has 0 amide bonds. The molecule has 1 aliphatic heterocycles. The van der Waals surface area contributed by atoms with E-state index >= 15 is 0 Å². The molecule has 0 radical (unpaired) electrons. The van der Waals surface area contributed by atoms with Gasteiger partial charge in [0, 0.05) is 24.3 Å². The Balaban J connectivity index is 2.23. The summed E-state index contributed by atoms with van der Waals surface area (Å²) in [6, 6.07) is 0. The summed E-state index contributed by atoms with van der Waals surface area (Å²) in [5.41, 5.74) is 0.757. The molecule has 2 rings (SSSR count). The predicted molar refractivity (Wildman–Crippen MR) is 70.9 cm³/mol. The third-order valence-corrected chi connectivity index (χ3v) is 5.81. The van der Waals surface area contributed by atoms with Crippen LogP contribution in [0.1, 0.15) is 25.7 Å². The molecule has 0 N–H and O–H groups in total. The van der Waals surface area contributed by atoms with E-state index in [1.807, 2.05) is 0 Å². The van der Waals surface area contributed by atoms with Crippen LogP contribution in [-0.2, 0) is 14.3 Å². The first-order chi connectivity index (χ1) is 8.22. The summed E-state index contributed by atoms with van der Waals surface area (Å²) in [4.78, 5) is 23.4. The van der Waals surface area contributed by atoms with E-state index in [0.29, 0.717) is 12.8 Å². The first kappa shape index (κ1) is 13.0. The number of Topliss-reactive ketones (excluding diaryl/α,β-unsaturated/α-hetero) is 1. The van der Waals surface area contributed by atoms with E-state index in [1.54, 1.807) is 23.5 Å². The Morgan fingerprint density at radius 2 is 2.06 bits per heavy atom. The van der Waals surface area contributed by atoms with Crippen molar-refractivity contribution in [1.29, 1.82) is 0 Å². The number of carbonyl (C=O) groups excluding carboxylic acids is 2. The fourth-order valence-electron chi connectivity index (χ4n) is 2.26. The maximum Gasteiger partial charge on any atom is 0.335 e. The lowest BCUT2D eigenvalue weighted by atomic mass is 9.83. The van der Waals surface area contributed by atoms with Gasteiger partial charge in [-0.2, -0.15) is 0 Å². The van der Waals surface area contributed by atoms with Gasteiger partial charge in [0.05, 0.1) is 16.9 Å². The van der Waals surface area contributed by atoms with Crippen molar-refractivity contribution in [3.05, 3.63) is 9.81 Å². The summed E-state index contributed by atoms with van der Waals surface area (Å²) in [5, 5.41) is 0. The minimum absolute atomic E-state index is 0.0804. The van der Waals surface area contributed by atoms with Crippen LogP contribution in [0.4, 0.5) is 0 Å². The van der Waals surface area contributed by atoms with E-state index in [4.69, 9.17) is 4.74 Å². The maximum atomic E-state index is 11.9. The second-order valence-corrected chi connectivity index (χ2v) is 6.69. The zero-order chi connectivity index (χ0) is 12.3. The van der Waals surface area contributed by atoms with Crippen LogP contribution in [0.5, 0.6) is 0 Å². The van der Waals surface area contributed by atoms with Gasteiger partial charge in [-0.1, -0.05) is 0 Å². The topological polar surface area (TPSA) is 43.4 Å². The van der Waals surface area contributed by atoms with Crippen LogP contribution in [0.2, 0.25) is 0 Å². The highest BCUT2D eigenvalue weighted by Crippen LogP contribution is 2.43. The number of hydrogen-bond acceptors (Lipinski definition) is 5. The van der Waals surface area contributed by atoms with Crippen LogP contribution in [-0.4, -0.2) is 30.4 Å². The summed E-state index contributed by atoms with van der Waals surface area (Å²) in [5.74, 6) is 2.19. The minimum Gasteiger partial charge on any atom is -0.466 e. The highest BCUT2D eigenvalue weighted by Gasteiger charge is 2.31. The molecule has 2 fully saturated rings. The highest BCUT2D eigenvalue weighted by atomic mass is 32.2. The molecule has 17 heavy (non-hydrogen) atoms. The van der Waals surface area contributed by atoms with Crippen molar-refractivity contribution >= 4 is 35.3 Å². The zero-order valence-corrected chi connectivity index (χ0v) is 11.5. The van der Waals surface area contributed by atoms with E-state index in [2.05, 4.69) is 0 Å². The Kier molecular flexibility index (Phi) is 4.56. The Morgan fingerprint density at radius 1 is 1.35 bits per heavy atom. The zero-order valence-electron chi connectivity index (χ0n) is 9.86. The van der Waals surface area contributed by atoms with Gasteiger partial charge < -0.3 is 4.74 Å². The number of ether oxygens (including phenoxy) is 1. The van der Waals surface area contributed by atoms with Gasteiger partial charge in [-0.25, -0.2) is 4.79 Å². The average molecular weight is 272 g/mol. The molecule has 0 bridgehead atoms. The van der Waals surface area contributed by atoms with E-state index in [9.17, 15) is 9.59 Å². The fraction of sp³-hybridized carbons (Fsp3) is 0.667. The lowest BCUT2D eigenvalue weighted by Crippen LogP contribution is -2.22. The first-order valence-electron chi connectivity index (χ1n) is 5.82. The lowest BCUT2D eigenvalue weighted by Gasteiger charge is -2.23. The van der Waals surface area contributed by atoms with Crippen molar-refractivity contribution < 1.29 is 14.3 Å². The SMILES string of the molecule is COC(=O)C(=C1SCCS1)C1CCCC(=O)C1. The number of hydrogen-bond donors (Lipinski definition) is 0. The van der Waals surface area contributed by atoms with Gasteiger partial charge in [0.25, 0.3) is 0 Å². The number of rotatable bonds is 2. The van der Waals surface area contributed by atoms with Crippen LogP contribution in [0, 0.1) is 5.92 Å². The average Bonchev–Trinajstić information content (AvgIpc) is 2.83. The standard InChI is InChI=1S/C12H16O3S2/c1-15-11(14)10(12-16-5-6-17-12)8-3-2-4-9(13)7-8/h8H,2-7H2,1H3. The minimum atomic E-state index is -0.249. The van der Waals surface area contributed by atoms with Gasteiger partial charge in [-0.15, -0.1) is 23.5 Å². The van der Waals surface area contributed by atoms with Gasteiger partial charge in [-0.3, -0.25) is 4.79 Å². The Bertz CT molecular complexity index is 355. The number of thioether (sulfide) groups is 2. The van der Waals surface area contributed by atoms with Crippen LogP contribution in [0.3, 0.4) is 0 Å². The summed E-state index contributed by atoms with van der Waals surface area (Å²) < 4.78 is 5.96. The number of methoxy groups -OCH3 is 1. The number of carbonyl (C=O) groups is 2. The summed E-state index contributed by atoms with van der Waals surface area (Å²) in [7, 11) is 1.41. The van der Waals surface area contributed by atoms with Gasteiger partial charge in [0.2, 0.25) is 0 Å². The van der Waals surface area contributed by atoms with E-state index in [-0.39, 0.29) is 17.7 Å². The first-order valence-corrected chi connectivity index (χ1v) is 7.79. The lowest BCUT2D eigenvalue weighted by molar-refractivity contribution is -0.137. The molecule has 94 valence electrons. The molecule has 0 aromatic rings. The molecule has 5 heteroatoms. The second kappa shape index (κ2) is 5.96. The summed E-state index contributed by atoms with van der Waals surface area (Å²) >= 11 is 3.44. The van der Waals surface area contributed by atoms with Crippen molar-refractivity contribution in [1.82, 2.24) is 0 Å². The normalized spacial score (nSPS) is 24.9. The van der Waals surface area contributed by atoms with Gasteiger partial charge in [0.1, 0.15) is 5.78 Å². The smallest absolute Gasteiger partial charge is 0.335 e. The van der Waals surface area contributed by atoms with Crippen molar-refractivity contribution in [2.75, 3.05) is 18.6 Å². The molecule has 3 nitrogen and oxygen atoms in total. The molecule has 1 unspecified atom stereocenters.